The second kappa shape index (κ2) is 4.08. The van der Waals surface area contributed by atoms with E-state index in [1.807, 2.05) is 0 Å². The van der Waals surface area contributed by atoms with Gasteiger partial charge in [-0.05, 0) is 0 Å². The second-order valence-electron chi connectivity index (χ2n) is 2.11. The van der Waals surface area contributed by atoms with E-state index in [2.05, 4.69) is 0 Å². The Kier molecular flexibility index (Phi) is 3.89. The van der Waals surface area contributed by atoms with Crippen LogP contribution >= 0.6 is 11.6 Å². The number of carbonyl (C=O) groups is 1. The lowest BCUT2D eigenvalue weighted by atomic mass is 10.3. The molecule has 0 bridgehead atoms. The molecule has 2 nitrogen and oxygen atoms in total. The molecule has 0 radical (unpaired) electrons. The van der Waals surface area contributed by atoms with Gasteiger partial charge in [0, 0.05) is 0 Å². The minimum Gasteiger partial charge on any atom is -0.349 e. The third kappa shape index (κ3) is 3.75. The van der Waals surface area contributed by atoms with Crippen LogP contribution in [0.25, 0.3) is 0 Å². The standard InChI is InChI=1S/C5H5ClF5NO/c6-1-3(13)12-2-4(7,8)5(9,10)11/h1-2H2,(H,12,13). The molecule has 8 heteroatoms. The zero-order chi connectivity index (χ0) is 10.7. The average Bonchev–Trinajstić information content (AvgIpc) is 1.98. The van der Waals surface area contributed by atoms with Gasteiger partial charge in [0.25, 0.3) is 0 Å². The maximum Gasteiger partial charge on any atom is 0.455 e. The highest BCUT2D eigenvalue weighted by atomic mass is 35.5. The van der Waals surface area contributed by atoms with Gasteiger partial charge < -0.3 is 5.32 Å². The molecule has 0 saturated carbocycles. The first-order valence-electron chi connectivity index (χ1n) is 2.98. The minimum atomic E-state index is -5.66. The molecular formula is C5H5ClF5NO. The Balaban J connectivity index is 4.12. The van der Waals surface area contributed by atoms with Gasteiger partial charge in [0.1, 0.15) is 5.88 Å². The van der Waals surface area contributed by atoms with E-state index >= 15 is 0 Å². The number of carbonyl (C=O) groups excluding carboxylic acids is 1. The predicted octanol–water partition coefficient (Wildman–Crippen LogP) is 1.54. The lowest BCUT2D eigenvalue weighted by Crippen LogP contribution is -2.47. The Morgan fingerprint density at radius 3 is 2.00 bits per heavy atom. The molecule has 0 aromatic heterocycles. The Bertz CT molecular complexity index is 192. The normalized spacial score (nSPS) is 12.8. The van der Waals surface area contributed by atoms with Crippen LogP contribution in [0, 0.1) is 0 Å². The summed E-state index contributed by atoms with van der Waals surface area (Å²) in [5.74, 6) is -6.66. The van der Waals surface area contributed by atoms with Crippen molar-refractivity contribution in [1.82, 2.24) is 5.32 Å². The highest BCUT2D eigenvalue weighted by Gasteiger charge is 2.57. The maximum atomic E-state index is 12.0. The van der Waals surface area contributed by atoms with Gasteiger partial charge in [-0.1, -0.05) is 0 Å². The van der Waals surface area contributed by atoms with Crippen LogP contribution < -0.4 is 5.32 Å². The monoisotopic (exact) mass is 225 g/mol. The van der Waals surface area contributed by atoms with Gasteiger partial charge in [-0.15, -0.1) is 11.6 Å². The van der Waals surface area contributed by atoms with Crippen LogP contribution in [0.3, 0.4) is 0 Å². The molecule has 0 aromatic rings. The van der Waals surface area contributed by atoms with E-state index in [1.165, 1.54) is 5.32 Å². The SMILES string of the molecule is O=C(CCl)NCC(F)(F)C(F)(F)F. The van der Waals surface area contributed by atoms with Crippen LogP contribution in [-0.4, -0.2) is 30.4 Å². The number of hydrogen-bond donors (Lipinski definition) is 1. The van der Waals surface area contributed by atoms with Crippen LogP contribution in [0.1, 0.15) is 0 Å². The number of rotatable bonds is 3. The van der Waals surface area contributed by atoms with Gasteiger partial charge in [-0.25, -0.2) is 0 Å². The molecule has 0 aromatic carbocycles. The zero-order valence-corrected chi connectivity index (χ0v) is 6.85. The zero-order valence-electron chi connectivity index (χ0n) is 6.09. The summed E-state index contributed by atoms with van der Waals surface area (Å²) in [6.07, 6.45) is -5.66. The Labute approximate surface area is 75.0 Å². The summed E-state index contributed by atoms with van der Waals surface area (Å²) in [7, 11) is 0. The topological polar surface area (TPSA) is 29.1 Å². The van der Waals surface area contributed by atoms with Crippen molar-refractivity contribution in [3.8, 4) is 0 Å². The molecule has 0 aliphatic heterocycles. The molecule has 0 spiro atoms. The van der Waals surface area contributed by atoms with Gasteiger partial charge >= 0.3 is 12.1 Å². The highest BCUT2D eigenvalue weighted by molar-refractivity contribution is 6.27. The summed E-state index contributed by atoms with van der Waals surface area (Å²) >= 11 is 4.86. The summed E-state index contributed by atoms with van der Waals surface area (Å²) in [5.41, 5.74) is 0. The first kappa shape index (κ1) is 12.4. The smallest absolute Gasteiger partial charge is 0.349 e. The predicted molar refractivity (Wildman–Crippen MR) is 34.7 cm³/mol. The molecule has 78 valence electrons. The summed E-state index contributed by atoms with van der Waals surface area (Å²) < 4.78 is 58.4. The van der Waals surface area contributed by atoms with Crippen molar-refractivity contribution in [2.24, 2.45) is 0 Å². The number of nitrogens with one attached hydrogen (secondary N) is 1. The molecule has 0 aliphatic carbocycles. The number of halogens is 6. The van der Waals surface area contributed by atoms with Gasteiger partial charge in [0.15, 0.2) is 0 Å². The van der Waals surface area contributed by atoms with E-state index < -0.39 is 30.4 Å². The van der Waals surface area contributed by atoms with Crippen molar-refractivity contribution in [2.45, 2.75) is 12.1 Å². The second-order valence-corrected chi connectivity index (χ2v) is 2.38. The van der Waals surface area contributed by atoms with E-state index in [1.54, 1.807) is 0 Å². The molecule has 1 amide bonds. The van der Waals surface area contributed by atoms with Crippen molar-refractivity contribution < 1.29 is 26.7 Å². The van der Waals surface area contributed by atoms with Crippen molar-refractivity contribution in [2.75, 3.05) is 12.4 Å². The molecule has 0 saturated heterocycles. The van der Waals surface area contributed by atoms with Crippen LogP contribution in [0.2, 0.25) is 0 Å². The van der Waals surface area contributed by atoms with E-state index in [9.17, 15) is 26.7 Å². The lowest BCUT2D eigenvalue weighted by Gasteiger charge is -2.19. The van der Waals surface area contributed by atoms with Crippen LogP contribution in [0.5, 0.6) is 0 Å². The van der Waals surface area contributed by atoms with Crippen molar-refractivity contribution in [1.29, 1.82) is 0 Å². The molecule has 1 N–H and O–H groups in total. The van der Waals surface area contributed by atoms with E-state index in [0.29, 0.717) is 0 Å². The Morgan fingerprint density at radius 2 is 1.69 bits per heavy atom. The molecular weight excluding hydrogens is 221 g/mol. The van der Waals surface area contributed by atoms with E-state index in [4.69, 9.17) is 11.6 Å². The largest absolute Gasteiger partial charge is 0.455 e. The van der Waals surface area contributed by atoms with Gasteiger partial charge in [0.2, 0.25) is 5.91 Å². The first-order chi connectivity index (χ1) is 5.70. The molecule has 0 aliphatic rings. The number of alkyl halides is 6. The fourth-order valence-corrected chi connectivity index (χ4v) is 0.452. The van der Waals surface area contributed by atoms with E-state index in [-0.39, 0.29) is 0 Å². The van der Waals surface area contributed by atoms with Crippen LogP contribution in [-0.2, 0) is 4.79 Å². The molecule has 0 fully saturated rings. The molecule has 13 heavy (non-hydrogen) atoms. The fraction of sp³-hybridized carbons (Fsp3) is 0.800. The summed E-state index contributed by atoms with van der Waals surface area (Å²) in [6, 6.07) is 0. The quantitative estimate of drug-likeness (QED) is 0.573. The number of amides is 1. The van der Waals surface area contributed by atoms with E-state index in [0.717, 1.165) is 0 Å². The Morgan fingerprint density at radius 1 is 1.23 bits per heavy atom. The van der Waals surface area contributed by atoms with Crippen LogP contribution in [0.15, 0.2) is 0 Å². The summed E-state index contributed by atoms with van der Waals surface area (Å²) in [6.45, 7) is -1.79. The van der Waals surface area contributed by atoms with Crippen molar-refractivity contribution in [3.63, 3.8) is 0 Å². The fourth-order valence-electron chi connectivity index (χ4n) is 0.357. The van der Waals surface area contributed by atoms with Gasteiger partial charge in [0.05, 0.1) is 6.54 Å². The molecule has 0 heterocycles. The molecule has 0 unspecified atom stereocenters. The van der Waals surface area contributed by atoms with Crippen molar-refractivity contribution >= 4 is 17.5 Å². The average molecular weight is 226 g/mol. The van der Waals surface area contributed by atoms with Gasteiger partial charge in [-0.3, -0.25) is 4.79 Å². The summed E-state index contributed by atoms with van der Waals surface area (Å²) in [5, 5.41) is 1.34. The lowest BCUT2D eigenvalue weighted by molar-refractivity contribution is -0.278. The molecule has 0 atom stereocenters. The summed E-state index contributed by atoms with van der Waals surface area (Å²) in [4.78, 5) is 10.2. The number of hydrogen-bond acceptors (Lipinski definition) is 1. The highest BCUT2D eigenvalue weighted by Crippen LogP contribution is 2.34. The van der Waals surface area contributed by atoms with Gasteiger partial charge in [-0.2, -0.15) is 22.0 Å². The van der Waals surface area contributed by atoms with Crippen molar-refractivity contribution in [3.05, 3.63) is 0 Å². The first-order valence-corrected chi connectivity index (χ1v) is 3.51. The maximum absolute atomic E-state index is 12.0. The van der Waals surface area contributed by atoms with Crippen LogP contribution in [0.4, 0.5) is 22.0 Å². The Hall–Kier alpha value is -0.590. The molecule has 0 rings (SSSR count). The third-order valence-corrected chi connectivity index (χ3v) is 1.29. The third-order valence-electron chi connectivity index (χ3n) is 1.04. The minimum absolute atomic E-state index is 0.659.